The van der Waals surface area contributed by atoms with Gasteiger partial charge in [0.05, 0.1) is 33.2 Å². The number of rotatable bonds is 5. The number of hydrogen-bond donors (Lipinski definition) is 1. The van der Waals surface area contributed by atoms with E-state index in [0.29, 0.717) is 17.9 Å². The van der Waals surface area contributed by atoms with Gasteiger partial charge in [-0.15, -0.1) is 0 Å². The van der Waals surface area contributed by atoms with Crippen LogP contribution in [0.25, 0.3) is 6.08 Å². The van der Waals surface area contributed by atoms with Gasteiger partial charge in [-0.2, -0.15) is 15.6 Å². The Morgan fingerprint density at radius 2 is 2.04 bits per heavy atom. The van der Waals surface area contributed by atoms with Crippen molar-refractivity contribution in [2.24, 2.45) is 16.8 Å². The van der Waals surface area contributed by atoms with E-state index >= 15 is 0 Å². The number of ether oxygens (including phenoxy) is 1. The summed E-state index contributed by atoms with van der Waals surface area (Å²) in [6.07, 6.45) is 1.07. The number of nitrogens with zero attached hydrogens (tertiary/aromatic N) is 4. The minimum absolute atomic E-state index is 0.320. The fraction of sp³-hybridized carbons (Fsp3) is 0.190. The summed E-state index contributed by atoms with van der Waals surface area (Å²) in [5, 5.41) is 25.5. The molecule has 6 nitrogen and oxygen atoms in total. The van der Waals surface area contributed by atoms with Gasteiger partial charge in [0.2, 0.25) is 0 Å². The molecule has 0 spiro atoms. The molecule has 0 fully saturated rings. The lowest BCUT2D eigenvalue weighted by Gasteiger charge is -2.21. The molecule has 0 saturated heterocycles. The Bertz CT molecular complexity index is 1000. The molecular formula is C21H18IN5O. The van der Waals surface area contributed by atoms with Gasteiger partial charge in [0.1, 0.15) is 23.9 Å². The number of anilines is 1. The molecule has 3 rings (SSSR count). The minimum Gasteiger partial charge on any atom is -0.493 e. The summed E-state index contributed by atoms with van der Waals surface area (Å²) in [5.41, 5.74) is 8.56. The highest BCUT2D eigenvalue weighted by molar-refractivity contribution is 14.1. The van der Waals surface area contributed by atoms with Crippen LogP contribution in [-0.4, -0.2) is 18.5 Å². The number of nitriles is 2. The third-order valence-corrected chi connectivity index (χ3v) is 5.10. The molecular weight excluding hydrogens is 465 g/mol. The average Bonchev–Trinajstić information content (AvgIpc) is 3.05. The minimum atomic E-state index is -0.701. The maximum absolute atomic E-state index is 9.72. The largest absolute Gasteiger partial charge is 0.493 e. The first-order valence-electron chi connectivity index (χ1n) is 8.71. The molecule has 2 aromatic rings. The topological polar surface area (TPSA) is 98.4 Å². The number of nitrogens with two attached hydrogens (primary N) is 1. The van der Waals surface area contributed by atoms with E-state index in [1.807, 2.05) is 55.5 Å². The molecule has 0 saturated carbocycles. The Morgan fingerprint density at radius 1 is 1.29 bits per heavy atom. The predicted octanol–water partition coefficient (Wildman–Crippen LogP) is 3.90. The molecule has 0 bridgehead atoms. The van der Waals surface area contributed by atoms with E-state index in [-0.39, 0.29) is 0 Å². The van der Waals surface area contributed by atoms with Crippen molar-refractivity contribution in [1.29, 1.82) is 10.5 Å². The van der Waals surface area contributed by atoms with Crippen molar-refractivity contribution >= 4 is 40.1 Å². The Labute approximate surface area is 177 Å². The zero-order valence-electron chi connectivity index (χ0n) is 15.2. The summed E-state index contributed by atoms with van der Waals surface area (Å²) in [7, 11) is 0. The molecule has 0 aliphatic carbocycles. The second kappa shape index (κ2) is 8.87. The van der Waals surface area contributed by atoms with Gasteiger partial charge in [-0.1, -0.05) is 24.3 Å². The molecule has 1 aliphatic heterocycles. The maximum atomic E-state index is 9.72. The van der Waals surface area contributed by atoms with Crippen molar-refractivity contribution in [2.75, 3.05) is 11.6 Å². The van der Waals surface area contributed by atoms with Crippen molar-refractivity contribution < 1.29 is 4.74 Å². The third kappa shape index (κ3) is 4.01. The van der Waals surface area contributed by atoms with E-state index in [1.165, 1.54) is 0 Å². The van der Waals surface area contributed by atoms with Gasteiger partial charge in [-0.25, -0.2) is 5.01 Å². The van der Waals surface area contributed by atoms with Gasteiger partial charge in [-0.3, -0.25) is 0 Å². The molecule has 28 heavy (non-hydrogen) atoms. The van der Waals surface area contributed by atoms with Gasteiger partial charge >= 0.3 is 0 Å². The fourth-order valence-electron chi connectivity index (χ4n) is 2.93. The standard InChI is InChI=1S/C21H18IN5O/c1-2-28-19-9-8-14(11-18(19)22)10-15(12-23)20-17(13-24)21(25)27(26-20)16-6-4-3-5-7-16/h3-11,17,21H,2,25H2,1H3/b15-10-/t17-,21+/m0/s1. The zero-order chi connectivity index (χ0) is 20.1. The SMILES string of the molecule is CCOc1ccc(/C=C(/C#N)C2=NN(c3ccccc3)[C@@H](N)[C@H]2C#N)cc1I. The Morgan fingerprint density at radius 3 is 2.64 bits per heavy atom. The van der Waals surface area contributed by atoms with Crippen LogP contribution in [0.4, 0.5) is 5.69 Å². The maximum Gasteiger partial charge on any atom is 0.132 e. The van der Waals surface area contributed by atoms with Crippen molar-refractivity contribution in [3.63, 3.8) is 0 Å². The first-order valence-corrected chi connectivity index (χ1v) is 9.79. The lowest BCUT2D eigenvalue weighted by molar-refractivity contribution is 0.338. The van der Waals surface area contributed by atoms with Crippen LogP contribution in [0.5, 0.6) is 5.75 Å². The van der Waals surface area contributed by atoms with Crippen LogP contribution in [0, 0.1) is 32.2 Å². The van der Waals surface area contributed by atoms with Gasteiger partial charge in [-0.05, 0) is 65.4 Å². The summed E-state index contributed by atoms with van der Waals surface area (Å²) in [5.74, 6) is 0.0945. The van der Waals surface area contributed by atoms with Crippen LogP contribution in [0.2, 0.25) is 0 Å². The van der Waals surface area contributed by atoms with Gasteiger partial charge in [0, 0.05) is 0 Å². The van der Waals surface area contributed by atoms with Crippen LogP contribution >= 0.6 is 22.6 Å². The van der Waals surface area contributed by atoms with Gasteiger partial charge in [0.25, 0.3) is 0 Å². The highest BCUT2D eigenvalue weighted by Crippen LogP contribution is 2.29. The van der Waals surface area contributed by atoms with E-state index in [0.717, 1.165) is 20.6 Å². The second-order valence-electron chi connectivity index (χ2n) is 6.06. The number of allylic oxidation sites excluding steroid dienone is 1. The van der Waals surface area contributed by atoms with Crippen molar-refractivity contribution in [3.8, 4) is 17.9 Å². The zero-order valence-corrected chi connectivity index (χ0v) is 17.4. The Hall–Kier alpha value is -2.88. The molecule has 0 unspecified atom stereocenters. The van der Waals surface area contributed by atoms with E-state index in [9.17, 15) is 10.5 Å². The number of benzene rings is 2. The molecule has 2 N–H and O–H groups in total. The molecule has 0 amide bonds. The summed E-state index contributed by atoms with van der Waals surface area (Å²) < 4.78 is 6.49. The summed E-state index contributed by atoms with van der Waals surface area (Å²) in [6, 6.07) is 19.4. The average molecular weight is 483 g/mol. The van der Waals surface area contributed by atoms with Crippen LogP contribution < -0.4 is 15.5 Å². The normalized spacial score (nSPS) is 19.0. The quantitative estimate of drug-likeness (QED) is 0.514. The third-order valence-electron chi connectivity index (χ3n) is 4.26. The summed E-state index contributed by atoms with van der Waals surface area (Å²) in [4.78, 5) is 0. The molecule has 2 atom stereocenters. The highest BCUT2D eigenvalue weighted by atomic mass is 127. The number of para-hydroxylation sites is 1. The molecule has 2 aromatic carbocycles. The smallest absolute Gasteiger partial charge is 0.132 e. The molecule has 0 radical (unpaired) electrons. The monoisotopic (exact) mass is 483 g/mol. The van der Waals surface area contributed by atoms with Crippen molar-refractivity contribution in [3.05, 3.63) is 63.2 Å². The molecule has 0 aromatic heterocycles. The van der Waals surface area contributed by atoms with Gasteiger partial charge in [0.15, 0.2) is 0 Å². The summed E-state index contributed by atoms with van der Waals surface area (Å²) in [6.45, 7) is 2.52. The first-order chi connectivity index (χ1) is 13.6. The van der Waals surface area contributed by atoms with Crippen molar-refractivity contribution in [1.82, 2.24) is 0 Å². The van der Waals surface area contributed by atoms with E-state index in [4.69, 9.17) is 10.5 Å². The lowest BCUT2D eigenvalue weighted by Crippen LogP contribution is -2.40. The van der Waals surface area contributed by atoms with E-state index in [1.54, 1.807) is 11.1 Å². The fourth-order valence-corrected chi connectivity index (χ4v) is 3.62. The van der Waals surface area contributed by atoms with E-state index < -0.39 is 12.1 Å². The van der Waals surface area contributed by atoms with Gasteiger partial charge < -0.3 is 10.5 Å². The Kier molecular flexibility index (Phi) is 6.30. The number of halogens is 1. The molecule has 1 aliphatic rings. The number of hydrogen-bond acceptors (Lipinski definition) is 6. The first kappa shape index (κ1) is 19.9. The van der Waals surface area contributed by atoms with Crippen LogP contribution in [0.3, 0.4) is 0 Å². The lowest BCUT2D eigenvalue weighted by atomic mass is 9.95. The second-order valence-corrected chi connectivity index (χ2v) is 7.22. The molecule has 7 heteroatoms. The highest BCUT2D eigenvalue weighted by Gasteiger charge is 2.37. The molecule has 1 heterocycles. The van der Waals surface area contributed by atoms with Crippen molar-refractivity contribution in [2.45, 2.75) is 13.1 Å². The number of hydrazone groups is 1. The van der Waals surface area contributed by atoms with E-state index in [2.05, 4.69) is 39.8 Å². The summed E-state index contributed by atoms with van der Waals surface area (Å²) >= 11 is 2.19. The predicted molar refractivity (Wildman–Crippen MR) is 117 cm³/mol. The van der Waals surface area contributed by atoms with Crippen LogP contribution in [0.15, 0.2) is 59.2 Å². The van der Waals surface area contributed by atoms with Crippen LogP contribution in [-0.2, 0) is 0 Å². The molecule has 140 valence electrons. The van der Waals surface area contributed by atoms with Crippen LogP contribution in [0.1, 0.15) is 12.5 Å². The Balaban J connectivity index is 1.99.